The predicted molar refractivity (Wildman–Crippen MR) is 61.1 cm³/mol. The van der Waals surface area contributed by atoms with Gasteiger partial charge in [-0.05, 0) is 31.9 Å². The number of fused-ring (bicyclic) bond motifs is 2. The van der Waals surface area contributed by atoms with Crippen molar-refractivity contribution in [3.8, 4) is 0 Å². The number of piperazine rings is 1. The monoisotopic (exact) mass is 203 g/mol. The SMILES string of the molecule is Cc1ccc(N2CC3CCC(C2)N3)cn1. The molecule has 3 rings (SSSR count). The molecule has 3 heteroatoms. The minimum absolute atomic E-state index is 0.699. The second kappa shape index (κ2) is 3.49. The molecule has 0 amide bonds. The Morgan fingerprint density at radius 3 is 2.60 bits per heavy atom. The molecule has 0 spiro atoms. The molecule has 0 aromatic carbocycles. The minimum Gasteiger partial charge on any atom is -0.367 e. The Balaban J connectivity index is 1.80. The third-order valence-corrected chi connectivity index (χ3v) is 3.48. The Hall–Kier alpha value is -1.09. The molecule has 2 saturated heterocycles. The van der Waals surface area contributed by atoms with Gasteiger partial charge >= 0.3 is 0 Å². The Kier molecular flexibility index (Phi) is 2.13. The fourth-order valence-electron chi connectivity index (χ4n) is 2.65. The zero-order valence-electron chi connectivity index (χ0n) is 9.11. The summed E-state index contributed by atoms with van der Waals surface area (Å²) in [5, 5.41) is 3.64. The standard InChI is InChI=1S/C12H17N3/c1-9-2-5-12(6-13-9)15-7-10-3-4-11(8-15)14-10/h2,5-6,10-11,14H,3-4,7-8H2,1H3. The predicted octanol–water partition coefficient (Wildman–Crippen LogP) is 1.33. The van der Waals surface area contributed by atoms with Gasteiger partial charge in [0.25, 0.3) is 0 Å². The summed E-state index contributed by atoms with van der Waals surface area (Å²) in [6.45, 7) is 4.31. The van der Waals surface area contributed by atoms with Crippen LogP contribution in [0.2, 0.25) is 0 Å². The summed E-state index contributed by atoms with van der Waals surface area (Å²) in [5.74, 6) is 0. The van der Waals surface area contributed by atoms with E-state index < -0.39 is 0 Å². The van der Waals surface area contributed by atoms with Gasteiger partial charge in [-0.15, -0.1) is 0 Å². The lowest BCUT2D eigenvalue weighted by atomic mass is 10.2. The molecule has 3 heterocycles. The van der Waals surface area contributed by atoms with Crippen molar-refractivity contribution >= 4 is 5.69 Å². The molecule has 1 aromatic rings. The van der Waals surface area contributed by atoms with Crippen LogP contribution in [-0.2, 0) is 0 Å². The van der Waals surface area contributed by atoms with Crippen molar-refractivity contribution < 1.29 is 0 Å². The fraction of sp³-hybridized carbons (Fsp3) is 0.583. The average Bonchev–Trinajstić information content (AvgIpc) is 2.59. The molecule has 1 aromatic heterocycles. The second-order valence-electron chi connectivity index (χ2n) is 4.70. The molecule has 2 unspecified atom stereocenters. The summed E-state index contributed by atoms with van der Waals surface area (Å²) in [4.78, 5) is 6.83. The first-order valence-corrected chi connectivity index (χ1v) is 5.75. The quantitative estimate of drug-likeness (QED) is 0.746. The van der Waals surface area contributed by atoms with E-state index in [2.05, 4.69) is 27.3 Å². The van der Waals surface area contributed by atoms with E-state index in [1.807, 2.05) is 13.1 Å². The molecule has 3 nitrogen and oxygen atoms in total. The Morgan fingerprint density at radius 2 is 2.00 bits per heavy atom. The lowest BCUT2D eigenvalue weighted by molar-refractivity contribution is 0.465. The first-order chi connectivity index (χ1) is 7.31. The van der Waals surface area contributed by atoms with Gasteiger partial charge in [0.1, 0.15) is 0 Å². The van der Waals surface area contributed by atoms with Crippen LogP contribution < -0.4 is 10.2 Å². The van der Waals surface area contributed by atoms with E-state index >= 15 is 0 Å². The molecule has 0 radical (unpaired) electrons. The molecular weight excluding hydrogens is 186 g/mol. The van der Waals surface area contributed by atoms with Crippen molar-refractivity contribution in [2.75, 3.05) is 18.0 Å². The van der Waals surface area contributed by atoms with E-state index in [4.69, 9.17) is 0 Å². The summed E-state index contributed by atoms with van der Waals surface area (Å²) in [6.07, 6.45) is 4.67. The van der Waals surface area contributed by atoms with Gasteiger partial charge in [0.15, 0.2) is 0 Å². The smallest absolute Gasteiger partial charge is 0.0554 e. The summed E-state index contributed by atoms with van der Waals surface area (Å²) in [7, 11) is 0. The van der Waals surface area contributed by atoms with Crippen LogP contribution in [0.4, 0.5) is 5.69 Å². The molecule has 0 saturated carbocycles. The normalized spacial score (nSPS) is 29.5. The zero-order chi connectivity index (χ0) is 10.3. The van der Waals surface area contributed by atoms with Crippen LogP contribution in [0.5, 0.6) is 0 Å². The summed E-state index contributed by atoms with van der Waals surface area (Å²) in [5.41, 5.74) is 2.37. The van der Waals surface area contributed by atoms with Gasteiger partial charge in [0.2, 0.25) is 0 Å². The molecular formula is C12H17N3. The van der Waals surface area contributed by atoms with E-state index in [-0.39, 0.29) is 0 Å². The maximum atomic E-state index is 4.36. The van der Waals surface area contributed by atoms with Crippen molar-refractivity contribution in [1.29, 1.82) is 0 Å². The lowest BCUT2D eigenvalue weighted by Gasteiger charge is -2.34. The molecule has 2 atom stereocenters. The molecule has 1 N–H and O–H groups in total. The maximum Gasteiger partial charge on any atom is 0.0554 e. The van der Waals surface area contributed by atoms with E-state index in [1.54, 1.807) is 0 Å². The number of hydrogen-bond donors (Lipinski definition) is 1. The lowest BCUT2D eigenvalue weighted by Crippen LogP contribution is -2.51. The number of nitrogens with one attached hydrogen (secondary N) is 1. The summed E-state index contributed by atoms with van der Waals surface area (Å²) >= 11 is 0. The molecule has 0 aliphatic carbocycles. The number of hydrogen-bond acceptors (Lipinski definition) is 3. The molecule has 2 bridgehead atoms. The maximum absolute atomic E-state index is 4.36. The number of aryl methyl sites for hydroxylation is 1. The van der Waals surface area contributed by atoms with Crippen LogP contribution in [0, 0.1) is 6.92 Å². The number of pyridine rings is 1. The van der Waals surface area contributed by atoms with E-state index in [0.717, 1.165) is 18.8 Å². The number of anilines is 1. The van der Waals surface area contributed by atoms with Gasteiger partial charge in [-0.1, -0.05) is 0 Å². The van der Waals surface area contributed by atoms with Crippen LogP contribution in [-0.4, -0.2) is 30.2 Å². The van der Waals surface area contributed by atoms with Gasteiger partial charge in [-0.3, -0.25) is 4.98 Å². The first kappa shape index (κ1) is 9.16. The van der Waals surface area contributed by atoms with Gasteiger partial charge < -0.3 is 10.2 Å². The Morgan fingerprint density at radius 1 is 1.27 bits per heavy atom. The third kappa shape index (κ3) is 1.72. The Bertz CT molecular complexity index is 334. The topological polar surface area (TPSA) is 28.2 Å². The van der Waals surface area contributed by atoms with Gasteiger partial charge in [-0.25, -0.2) is 0 Å². The highest BCUT2D eigenvalue weighted by Crippen LogP contribution is 2.24. The molecule has 80 valence electrons. The van der Waals surface area contributed by atoms with Crippen molar-refractivity contribution in [2.24, 2.45) is 0 Å². The molecule has 15 heavy (non-hydrogen) atoms. The van der Waals surface area contributed by atoms with Gasteiger partial charge in [-0.2, -0.15) is 0 Å². The van der Waals surface area contributed by atoms with E-state index in [9.17, 15) is 0 Å². The third-order valence-electron chi connectivity index (χ3n) is 3.48. The molecule has 2 aliphatic rings. The average molecular weight is 203 g/mol. The number of rotatable bonds is 1. The van der Waals surface area contributed by atoms with Gasteiger partial charge in [0.05, 0.1) is 11.9 Å². The number of aromatic nitrogens is 1. The largest absolute Gasteiger partial charge is 0.367 e. The highest BCUT2D eigenvalue weighted by atomic mass is 15.2. The second-order valence-corrected chi connectivity index (χ2v) is 4.70. The molecule has 2 aliphatic heterocycles. The highest BCUT2D eigenvalue weighted by Gasteiger charge is 2.32. The zero-order valence-corrected chi connectivity index (χ0v) is 9.11. The van der Waals surface area contributed by atoms with Crippen LogP contribution in [0.15, 0.2) is 18.3 Å². The van der Waals surface area contributed by atoms with Crippen molar-refractivity contribution in [2.45, 2.75) is 31.8 Å². The van der Waals surface area contributed by atoms with Crippen molar-refractivity contribution in [3.05, 3.63) is 24.0 Å². The highest BCUT2D eigenvalue weighted by molar-refractivity contribution is 5.46. The Labute approximate surface area is 90.5 Å². The van der Waals surface area contributed by atoms with E-state index in [0.29, 0.717) is 12.1 Å². The van der Waals surface area contributed by atoms with Crippen LogP contribution in [0.25, 0.3) is 0 Å². The van der Waals surface area contributed by atoms with Crippen LogP contribution in [0.1, 0.15) is 18.5 Å². The molecule has 2 fully saturated rings. The van der Waals surface area contributed by atoms with Gasteiger partial charge in [0, 0.05) is 30.9 Å². The van der Waals surface area contributed by atoms with E-state index in [1.165, 1.54) is 18.5 Å². The minimum atomic E-state index is 0.699. The number of nitrogens with zero attached hydrogens (tertiary/aromatic N) is 2. The summed E-state index contributed by atoms with van der Waals surface area (Å²) < 4.78 is 0. The first-order valence-electron chi connectivity index (χ1n) is 5.75. The van der Waals surface area contributed by atoms with Crippen molar-refractivity contribution in [1.82, 2.24) is 10.3 Å². The van der Waals surface area contributed by atoms with Crippen LogP contribution in [0.3, 0.4) is 0 Å². The fourth-order valence-corrected chi connectivity index (χ4v) is 2.65. The summed E-state index contributed by atoms with van der Waals surface area (Å²) in [6, 6.07) is 5.68. The van der Waals surface area contributed by atoms with Crippen molar-refractivity contribution in [3.63, 3.8) is 0 Å². The van der Waals surface area contributed by atoms with Crippen LogP contribution >= 0.6 is 0 Å².